The van der Waals surface area contributed by atoms with Crippen LogP contribution < -0.4 is 4.90 Å². The van der Waals surface area contributed by atoms with E-state index in [-0.39, 0.29) is 17.9 Å². The van der Waals surface area contributed by atoms with Crippen molar-refractivity contribution < 1.29 is 16.8 Å². The minimum Gasteiger partial charge on any atom is -0.363 e. The molecule has 2 heterocycles. The smallest absolute Gasteiger partial charge is 0.258 e. The van der Waals surface area contributed by atoms with Crippen LogP contribution in [-0.4, -0.2) is 49.4 Å². The number of imidazole rings is 1. The minimum atomic E-state index is -4.28. The van der Waals surface area contributed by atoms with Gasteiger partial charge in [-0.2, -0.15) is 0 Å². The molecule has 1 aliphatic rings. The zero-order valence-electron chi connectivity index (χ0n) is 16.3. The topological polar surface area (TPSA) is 103 Å². The third-order valence-corrected chi connectivity index (χ3v) is 9.03. The van der Waals surface area contributed by atoms with Gasteiger partial charge in [0.15, 0.2) is 0 Å². The molecule has 10 heteroatoms. The maximum absolute atomic E-state index is 13.5. The van der Waals surface area contributed by atoms with E-state index in [0.29, 0.717) is 15.9 Å². The van der Waals surface area contributed by atoms with Gasteiger partial charge in [0.25, 0.3) is 10.0 Å². The Morgan fingerprint density at radius 1 is 1.10 bits per heavy atom. The van der Waals surface area contributed by atoms with E-state index < -0.39 is 26.1 Å². The summed E-state index contributed by atoms with van der Waals surface area (Å²) in [5.41, 5.74) is 2.13. The molecular formula is C20H22N4O4S2. The molecule has 1 N–H and O–H groups in total. The highest BCUT2D eigenvalue weighted by molar-refractivity contribution is 8.03. The van der Waals surface area contributed by atoms with Gasteiger partial charge in [-0.3, -0.25) is 0 Å². The molecular weight excluding hydrogens is 424 g/mol. The molecule has 0 aliphatic carbocycles. The maximum Gasteiger partial charge on any atom is 0.258 e. The van der Waals surface area contributed by atoms with Crippen LogP contribution in [0.4, 0.5) is 5.69 Å². The molecule has 1 unspecified atom stereocenters. The number of hydrogen-bond donors (Lipinski definition) is 1. The first-order chi connectivity index (χ1) is 14.3. The second-order valence-corrected chi connectivity index (χ2v) is 11.1. The van der Waals surface area contributed by atoms with Crippen molar-refractivity contribution in [3.8, 4) is 0 Å². The molecule has 0 saturated heterocycles. The zero-order chi connectivity index (χ0) is 21.4. The number of benzene rings is 2. The lowest BCUT2D eigenvalue weighted by Gasteiger charge is -2.30. The number of nitrogens with one attached hydrogen (secondary N) is 1. The number of aromatic nitrogens is 2. The molecule has 0 spiro atoms. The number of H-pyrrole nitrogens is 1. The molecule has 0 saturated carbocycles. The van der Waals surface area contributed by atoms with E-state index in [9.17, 15) is 16.8 Å². The van der Waals surface area contributed by atoms with Gasteiger partial charge >= 0.3 is 0 Å². The molecule has 30 heavy (non-hydrogen) atoms. The summed E-state index contributed by atoms with van der Waals surface area (Å²) in [4.78, 5) is 8.92. The molecule has 1 atom stereocenters. The van der Waals surface area contributed by atoms with Crippen LogP contribution >= 0.6 is 0 Å². The lowest BCUT2D eigenvalue weighted by Crippen LogP contribution is -2.48. The Balaban J connectivity index is 1.86. The number of para-hydroxylation sites is 1. The predicted molar refractivity (Wildman–Crippen MR) is 114 cm³/mol. The second-order valence-electron chi connectivity index (χ2n) is 7.26. The Morgan fingerprint density at radius 2 is 1.80 bits per heavy atom. The fourth-order valence-electron chi connectivity index (χ4n) is 3.85. The second kappa shape index (κ2) is 7.86. The minimum absolute atomic E-state index is 0.0227. The molecule has 1 aliphatic heterocycles. The van der Waals surface area contributed by atoms with Gasteiger partial charge < -0.3 is 9.88 Å². The van der Waals surface area contributed by atoms with Crippen molar-refractivity contribution in [2.24, 2.45) is 0 Å². The van der Waals surface area contributed by atoms with Gasteiger partial charge in [-0.15, -0.1) is 0 Å². The summed E-state index contributed by atoms with van der Waals surface area (Å²) in [5, 5.41) is 0. The Morgan fingerprint density at radius 3 is 2.47 bits per heavy atom. The average Bonchev–Trinajstić information content (AvgIpc) is 3.17. The van der Waals surface area contributed by atoms with Gasteiger partial charge in [-0.05, 0) is 24.1 Å². The first-order valence-corrected chi connectivity index (χ1v) is 12.7. The van der Waals surface area contributed by atoms with Crippen molar-refractivity contribution in [2.75, 3.05) is 17.7 Å². The van der Waals surface area contributed by atoms with Gasteiger partial charge in [-0.1, -0.05) is 46.2 Å². The number of rotatable bonds is 5. The maximum atomic E-state index is 13.5. The van der Waals surface area contributed by atoms with Crippen molar-refractivity contribution in [2.45, 2.75) is 23.9 Å². The van der Waals surface area contributed by atoms with Crippen LogP contribution in [-0.2, 0) is 33.0 Å². The van der Waals surface area contributed by atoms with E-state index in [0.717, 1.165) is 17.5 Å². The number of fused-ring (bicyclic) bond motifs is 1. The molecule has 4 rings (SSSR count). The number of anilines is 1. The molecule has 0 radical (unpaired) electrons. The van der Waals surface area contributed by atoms with Crippen LogP contribution in [0.5, 0.6) is 0 Å². The summed E-state index contributed by atoms with van der Waals surface area (Å²) >= 11 is 0. The first-order valence-electron chi connectivity index (χ1n) is 9.36. The van der Waals surface area contributed by atoms with Crippen LogP contribution in [0.2, 0.25) is 0 Å². The van der Waals surface area contributed by atoms with Gasteiger partial charge in [0.2, 0.25) is 10.0 Å². The SMILES string of the molecule is CS(=O)(=O)N1C(Cc2ccccc2)CN(Cc2cnc[nH]2)c2ccccc2S1(=O)=O. The van der Waals surface area contributed by atoms with Gasteiger partial charge in [0.1, 0.15) is 4.90 Å². The van der Waals surface area contributed by atoms with Gasteiger partial charge in [0, 0.05) is 12.7 Å². The predicted octanol–water partition coefficient (Wildman–Crippen LogP) is 1.99. The Bertz CT molecular complexity index is 1230. The summed E-state index contributed by atoms with van der Waals surface area (Å²) in [6.45, 7) is 0.576. The fraction of sp³-hybridized carbons (Fsp3) is 0.250. The largest absolute Gasteiger partial charge is 0.363 e. The van der Waals surface area contributed by atoms with Gasteiger partial charge in [0.05, 0.1) is 36.6 Å². The Kier molecular flexibility index (Phi) is 5.39. The molecule has 0 amide bonds. The summed E-state index contributed by atoms with van der Waals surface area (Å²) in [5.74, 6) is 0. The van der Waals surface area contributed by atoms with Crippen LogP contribution in [0.25, 0.3) is 0 Å². The number of nitrogens with zero attached hydrogens (tertiary/aromatic N) is 3. The molecule has 0 bridgehead atoms. The number of hydrogen-bond acceptors (Lipinski definition) is 6. The Hall–Kier alpha value is -2.69. The van der Waals surface area contributed by atoms with E-state index >= 15 is 0 Å². The number of aromatic amines is 1. The van der Waals surface area contributed by atoms with E-state index in [2.05, 4.69) is 9.97 Å². The van der Waals surface area contributed by atoms with E-state index in [1.165, 1.54) is 6.07 Å². The van der Waals surface area contributed by atoms with Crippen LogP contribution in [0.3, 0.4) is 0 Å². The van der Waals surface area contributed by atoms with Crippen molar-refractivity contribution in [1.29, 1.82) is 0 Å². The average molecular weight is 447 g/mol. The summed E-state index contributed by atoms with van der Waals surface area (Å²) in [7, 11) is -8.34. The van der Waals surface area contributed by atoms with Crippen molar-refractivity contribution >= 4 is 25.7 Å². The lowest BCUT2D eigenvalue weighted by molar-refractivity contribution is 0.422. The van der Waals surface area contributed by atoms with E-state index in [1.54, 1.807) is 30.7 Å². The van der Waals surface area contributed by atoms with Crippen molar-refractivity contribution in [3.63, 3.8) is 0 Å². The molecule has 158 valence electrons. The molecule has 3 aromatic rings. The highest BCUT2D eigenvalue weighted by atomic mass is 32.3. The van der Waals surface area contributed by atoms with Crippen LogP contribution in [0.1, 0.15) is 11.3 Å². The lowest BCUT2D eigenvalue weighted by atomic mass is 10.1. The molecule has 2 aromatic carbocycles. The summed E-state index contributed by atoms with van der Waals surface area (Å²) in [6, 6.07) is 15.0. The van der Waals surface area contributed by atoms with Crippen LogP contribution in [0.15, 0.2) is 72.0 Å². The fourth-order valence-corrected chi connectivity index (χ4v) is 7.64. The van der Waals surface area contributed by atoms with Gasteiger partial charge in [-0.25, -0.2) is 21.8 Å². The number of sulfonamides is 2. The summed E-state index contributed by atoms with van der Waals surface area (Å²) in [6.07, 6.45) is 4.43. The molecule has 8 nitrogen and oxygen atoms in total. The Labute approximate surface area is 176 Å². The van der Waals surface area contributed by atoms with E-state index in [1.807, 2.05) is 35.2 Å². The highest BCUT2D eigenvalue weighted by Crippen LogP contribution is 2.35. The zero-order valence-corrected chi connectivity index (χ0v) is 18.0. The van der Waals surface area contributed by atoms with Crippen molar-refractivity contribution in [1.82, 2.24) is 13.7 Å². The monoisotopic (exact) mass is 446 g/mol. The van der Waals surface area contributed by atoms with Crippen LogP contribution in [0, 0.1) is 0 Å². The van der Waals surface area contributed by atoms with E-state index in [4.69, 9.17) is 0 Å². The third kappa shape index (κ3) is 3.98. The molecule has 1 aromatic heterocycles. The van der Waals surface area contributed by atoms with Crippen molar-refractivity contribution in [3.05, 3.63) is 78.4 Å². The summed E-state index contributed by atoms with van der Waals surface area (Å²) < 4.78 is 53.1. The molecule has 0 fully saturated rings. The normalized spacial score (nSPS) is 19.2. The standard InChI is InChI=1S/C20H22N4O4S2/c1-29(25,26)24-18(11-16-7-3-2-4-8-16)14-23(13-17-12-21-15-22-17)19-9-5-6-10-20(19)30(24,27)28/h2-10,12,15,18H,11,13-14H2,1H3,(H,21,22). The third-order valence-electron chi connectivity index (χ3n) is 5.01. The highest BCUT2D eigenvalue weighted by Gasteiger charge is 2.44. The quantitative estimate of drug-likeness (QED) is 0.643. The first kappa shape index (κ1) is 20.6.